The first kappa shape index (κ1) is 16.9. The second-order valence-electron chi connectivity index (χ2n) is 5.46. The van der Waals surface area contributed by atoms with Gasteiger partial charge in [-0.15, -0.1) is 0 Å². The predicted molar refractivity (Wildman–Crippen MR) is 85.3 cm³/mol. The number of likely N-dealkylation sites (tertiary alicyclic amines) is 1. The van der Waals surface area contributed by atoms with Gasteiger partial charge in [0.05, 0.1) is 12.0 Å². The van der Waals surface area contributed by atoms with Crippen LogP contribution in [0, 0.1) is 5.92 Å². The van der Waals surface area contributed by atoms with Crippen LogP contribution in [0.15, 0.2) is 18.2 Å². The molecule has 22 heavy (non-hydrogen) atoms. The van der Waals surface area contributed by atoms with Crippen LogP contribution in [0.5, 0.6) is 0 Å². The monoisotopic (exact) mass is 344 g/mol. The molecule has 0 aliphatic carbocycles. The van der Waals surface area contributed by atoms with Crippen molar-refractivity contribution in [3.63, 3.8) is 0 Å². The van der Waals surface area contributed by atoms with Gasteiger partial charge in [-0.25, -0.2) is 4.79 Å². The summed E-state index contributed by atoms with van der Waals surface area (Å²) < 4.78 is 0. The van der Waals surface area contributed by atoms with Gasteiger partial charge in [0, 0.05) is 23.1 Å². The summed E-state index contributed by atoms with van der Waals surface area (Å²) in [4.78, 5) is 24.9. The van der Waals surface area contributed by atoms with E-state index in [9.17, 15) is 9.59 Å². The van der Waals surface area contributed by atoms with Gasteiger partial charge < -0.3 is 15.3 Å². The molecule has 1 aromatic carbocycles. The number of carboxylic acids is 1. The van der Waals surface area contributed by atoms with Gasteiger partial charge in [0.25, 0.3) is 0 Å². The SMILES string of the molecule is CC(NC(=O)N1CCCC(C(=O)O)C1)c1ccc(Cl)cc1Cl. The first-order valence-electron chi connectivity index (χ1n) is 7.11. The summed E-state index contributed by atoms with van der Waals surface area (Å²) in [5, 5.41) is 12.9. The summed E-state index contributed by atoms with van der Waals surface area (Å²) >= 11 is 12.0. The Kier molecular flexibility index (Phi) is 5.53. The van der Waals surface area contributed by atoms with Crippen LogP contribution in [0.3, 0.4) is 0 Å². The quantitative estimate of drug-likeness (QED) is 0.880. The van der Waals surface area contributed by atoms with Gasteiger partial charge in [0.15, 0.2) is 0 Å². The number of carbonyl (C=O) groups excluding carboxylic acids is 1. The topological polar surface area (TPSA) is 69.6 Å². The van der Waals surface area contributed by atoms with E-state index in [1.54, 1.807) is 23.1 Å². The maximum absolute atomic E-state index is 12.3. The summed E-state index contributed by atoms with van der Waals surface area (Å²) in [6.07, 6.45) is 1.30. The molecule has 1 aromatic rings. The zero-order valence-electron chi connectivity index (χ0n) is 12.2. The molecule has 0 saturated carbocycles. The minimum Gasteiger partial charge on any atom is -0.481 e. The van der Waals surface area contributed by atoms with Gasteiger partial charge >= 0.3 is 12.0 Å². The van der Waals surface area contributed by atoms with E-state index in [2.05, 4.69) is 5.32 Å². The van der Waals surface area contributed by atoms with Crippen LogP contribution in [0.4, 0.5) is 4.79 Å². The van der Waals surface area contributed by atoms with E-state index in [0.29, 0.717) is 29.4 Å². The zero-order valence-corrected chi connectivity index (χ0v) is 13.7. The fourth-order valence-corrected chi connectivity index (χ4v) is 3.14. The van der Waals surface area contributed by atoms with Gasteiger partial charge in [-0.1, -0.05) is 29.3 Å². The Morgan fingerprint density at radius 3 is 2.77 bits per heavy atom. The molecule has 1 heterocycles. The van der Waals surface area contributed by atoms with Crippen LogP contribution in [-0.2, 0) is 4.79 Å². The molecule has 0 radical (unpaired) electrons. The number of amides is 2. The van der Waals surface area contributed by atoms with Crippen molar-refractivity contribution < 1.29 is 14.7 Å². The van der Waals surface area contributed by atoms with Crippen LogP contribution in [0.1, 0.15) is 31.4 Å². The molecule has 7 heteroatoms. The molecule has 2 N–H and O–H groups in total. The van der Waals surface area contributed by atoms with Crippen molar-refractivity contribution >= 4 is 35.2 Å². The number of hydrogen-bond donors (Lipinski definition) is 2. The van der Waals surface area contributed by atoms with Gasteiger partial charge in [-0.2, -0.15) is 0 Å². The Bertz CT molecular complexity index is 580. The fraction of sp³-hybridized carbons (Fsp3) is 0.467. The number of aliphatic carboxylic acids is 1. The van der Waals surface area contributed by atoms with Crippen molar-refractivity contribution in [2.24, 2.45) is 5.92 Å². The number of rotatable bonds is 3. The zero-order chi connectivity index (χ0) is 16.3. The Hall–Kier alpha value is -1.46. The minimum atomic E-state index is -0.855. The normalized spacial score (nSPS) is 19.6. The highest BCUT2D eigenvalue weighted by atomic mass is 35.5. The molecule has 2 unspecified atom stereocenters. The third kappa shape index (κ3) is 4.05. The molecule has 5 nitrogen and oxygen atoms in total. The van der Waals surface area contributed by atoms with Crippen molar-refractivity contribution in [3.8, 4) is 0 Å². The average molecular weight is 345 g/mol. The Labute approximate surface area is 139 Å². The Morgan fingerprint density at radius 1 is 1.41 bits per heavy atom. The highest BCUT2D eigenvalue weighted by molar-refractivity contribution is 6.35. The van der Waals surface area contributed by atoms with Crippen LogP contribution in [-0.4, -0.2) is 35.1 Å². The van der Waals surface area contributed by atoms with Crippen molar-refractivity contribution in [2.75, 3.05) is 13.1 Å². The minimum absolute atomic E-state index is 0.238. The molecule has 2 amide bonds. The number of piperidine rings is 1. The van der Waals surface area contributed by atoms with E-state index in [0.717, 1.165) is 5.56 Å². The second kappa shape index (κ2) is 7.20. The van der Waals surface area contributed by atoms with Crippen LogP contribution >= 0.6 is 23.2 Å². The first-order valence-corrected chi connectivity index (χ1v) is 7.87. The maximum atomic E-state index is 12.3. The number of carboxylic acid groups (broad SMARTS) is 1. The van der Waals surface area contributed by atoms with Gasteiger partial charge in [0.1, 0.15) is 0 Å². The fourth-order valence-electron chi connectivity index (χ4n) is 2.57. The highest BCUT2D eigenvalue weighted by Crippen LogP contribution is 2.26. The summed E-state index contributed by atoms with van der Waals surface area (Å²) in [5.74, 6) is -1.35. The lowest BCUT2D eigenvalue weighted by atomic mass is 9.98. The van der Waals surface area contributed by atoms with Gasteiger partial charge in [-0.05, 0) is 37.5 Å². The first-order chi connectivity index (χ1) is 10.4. The molecule has 120 valence electrons. The molecule has 1 aliphatic heterocycles. The van der Waals surface area contributed by atoms with Crippen LogP contribution in [0.25, 0.3) is 0 Å². The molecular formula is C15H18Cl2N2O3. The number of nitrogens with one attached hydrogen (secondary N) is 1. The third-order valence-corrected chi connectivity index (χ3v) is 4.39. The van der Waals surface area contributed by atoms with Gasteiger partial charge in [-0.3, -0.25) is 4.79 Å². The van der Waals surface area contributed by atoms with Crippen LogP contribution in [0.2, 0.25) is 10.0 Å². The van der Waals surface area contributed by atoms with E-state index in [1.165, 1.54) is 0 Å². The third-order valence-electron chi connectivity index (χ3n) is 3.83. The lowest BCUT2D eigenvalue weighted by molar-refractivity contribution is -0.143. The van der Waals surface area contributed by atoms with Gasteiger partial charge in [0.2, 0.25) is 0 Å². The number of nitrogens with zero attached hydrogens (tertiary/aromatic N) is 1. The largest absolute Gasteiger partial charge is 0.481 e. The smallest absolute Gasteiger partial charge is 0.317 e. The van der Waals surface area contributed by atoms with Crippen molar-refractivity contribution in [2.45, 2.75) is 25.8 Å². The lowest BCUT2D eigenvalue weighted by Gasteiger charge is -2.32. The predicted octanol–water partition coefficient (Wildman–Crippen LogP) is 3.56. The summed E-state index contributed by atoms with van der Waals surface area (Å²) in [6, 6.07) is 4.55. The highest BCUT2D eigenvalue weighted by Gasteiger charge is 2.28. The van der Waals surface area contributed by atoms with E-state index in [-0.39, 0.29) is 18.6 Å². The Balaban J connectivity index is 2.00. The Morgan fingerprint density at radius 2 is 2.14 bits per heavy atom. The lowest BCUT2D eigenvalue weighted by Crippen LogP contribution is -2.47. The van der Waals surface area contributed by atoms with E-state index < -0.39 is 11.9 Å². The molecule has 2 atom stereocenters. The molecule has 1 saturated heterocycles. The molecule has 0 bridgehead atoms. The van der Waals surface area contributed by atoms with E-state index in [4.69, 9.17) is 28.3 Å². The number of urea groups is 1. The van der Waals surface area contributed by atoms with Crippen molar-refractivity contribution in [3.05, 3.63) is 33.8 Å². The number of carbonyl (C=O) groups is 2. The van der Waals surface area contributed by atoms with E-state index >= 15 is 0 Å². The molecule has 2 rings (SSSR count). The van der Waals surface area contributed by atoms with Crippen molar-refractivity contribution in [1.29, 1.82) is 0 Å². The summed E-state index contributed by atoms with van der Waals surface area (Å²) in [7, 11) is 0. The van der Waals surface area contributed by atoms with Crippen LogP contribution < -0.4 is 5.32 Å². The number of hydrogen-bond acceptors (Lipinski definition) is 2. The molecular weight excluding hydrogens is 327 g/mol. The maximum Gasteiger partial charge on any atom is 0.317 e. The average Bonchev–Trinajstić information content (AvgIpc) is 2.47. The molecule has 0 aromatic heterocycles. The molecule has 1 aliphatic rings. The summed E-state index contributed by atoms with van der Waals surface area (Å²) in [6.45, 7) is 2.63. The van der Waals surface area contributed by atoms with Crippen molar-refractivity contribution in [1.82, 2.24) is 10.2 Å². The summed E-state index contributed by atoms with van der Waals surface area (Å²) in [5.41, 5.74) is 0.770. The second-order valence-corrected chi connectivity index (χ2v) is 6.30. The van der Waals surface area contributed by atoms with E-state index in [1.807, 2.05) is 6.92 Å². The standard InChI is InChI=1S/C15H18Cl2N2O3/c1-9(12-5-4-11(16)7-13(12)17)18-15(22)19-6-2-3-10(8-19)14(20)21/h4-5,7,9-10H,2-3,6,8H2,1H3,(H,18,22)(H,20,21). The molecule has 1 fully saturated rings. The number of halogens is 2. The molecule has 0 spiro atoms. The number of benzene rings is 1.